The van der Waals surface area contributed by atoms with E-state index in [1.807, 2.05) is 37.2 Å². The zero-order chi connectivity index (χ0) is 17.7. The lowest BCUT2D eigenvalue weighted by molar-refractivity contribution is 0.0893. The van der Waals surface area contributed by atoms with Crippen LogP contribution in [0.5, 0.6) is 5.75 Å². The molecule has 0 aromatic heterocycles. The topological polar surface area (TPSA) is 60.9 Å². The minimum atomic E-state index is -0.357. The third kappa shape index (κ3) is 2.16. The summed E-state index contributed by atoms with van der Waals surface area (Å²) in [6.45, 7) is 0. The minimum absolute atomic E-state index is 0.0822. The number of anilines is 2. The predicted molar refractivity (Wildman–Crippen MR) is 97.5 cm³/mol. The molecule has 0 saturated heterocycles. The number of amides is 2. The number of phenolic OH excluding ortho intramolecular Hbond substituents is 1. The van der Waals surface area contributed by atoms with E-state index in [9.17, 15) is 14.7 Å². The number of hydrogen-bond acceptors (Lipinski definition) is 4. The summed E-state index contributed by atoms with van der Waals surface area (Å²) in [5, 5.41) is 11.0. The average Bonchev–Trinajstić information content (AvgIpc) is 2.60. The normalized spacial score (nSPS) is 13.4. The molecule has 0 atom stereocenters. The lowest BCUT2D eigenvalue weighted by atomic mass is 9.92. The second-order valence-corrected chi connectivity index (χ2v) is 6.22. The van der Waals surface area contributed by atoms with Crippen LogP contribution in [0, 0.1) is 0 Å². The Balaban J connectivity index is 1.97. The van der Waals surface area contributed by atoms with Gasteiger partial charge in [0.05, 0.1) is 5.69 Å². The molecule has 1 aliphatic rings. The van der Waals surface area contributed by atoms with E-state index in [0.29, 0.717) is 22.2 Å². The van der Waals surface area contributed by atoms with Crippen LogP contribution in [0.4, 0.5) is 11.4 Å². The highest BCUT2D eigenvalue weighted by molar-refractivity contribution is 6.36. The van der Waals surface area contributed by atoms with Crippen molar-refractivity contribution in [1.29, 1.82) is 0 Å². The van der Waals surface area contributed by atoms with Gasteiger partial charge in [0.2, 0.25) is 0 Å². The molecule has 3 aromatic rings. The summed E-state index contributed by atoms with van der Waals surface area (Å²) in [5.41, 5.74) is 2.40. The first-order valence-corrected chi connectivity index (χ1v) is 7.90. The van der Waals surface area contributed by atoms with E-state index in [0.717, 1.165) is 16.0 Å². The van der Waals surface area contributed by atoms with Gasteiger partial charge in [-0.25, -0.2) is 4.90 Å². The molecule has 0 saturated carbocycles. The van der Waals surface area contributed by atoms with E-state index in [2.05, 4.69) is 0 Å². The SMILES string of the molecule is CN(C)c1ccc2c3c(cccc13)C(=O)N(c1ccc(O)cc1)C2=O. The molecule has 0 bridgehead atoms. The summed E-state index contributed by atoms with van der Waals surface area (Å²) in [4.78, 5) is 29.1. The average molecular weight is 332 g/mol. The van der Waals surface area contributed by atoms with Crippen LogP contribution in [0.2, 0.25) is 0 Å². The number of rotatable bonds is 2. The van der Waals surface area contributed by atoms with Crippen molar-refractivity contribution in [3.8, 4) is 5.75 Å². The molecular formula is C20H16N2O3. The maximum Gasteiger partial charge on any atom is 0.265 e. The second kappa shape index (κ2) is 5.34. The Morgan fingerprint density at radius 1 is 0.840 bits per heavy atom. The molecule has 0 unspecified atom stereocenters. The molecule has 2 amide bonds. The molecule has 0 radical (unpaired) electrons. The number of carbonyl (C=O) groups excluding carboxylic acids is 2. The standard InChI is InChI=1S/C20H16N2O3/c1-21(2)17-11-10-16-18-14(17)4-3-5-15(18)19(24)22(20(16)25)12-6-8-13(23)9-7-12/h3-11,23H,1-2H3. The fourth-order valence-corrected chi connectivity index (χ4v) is 3.31. The van der Waals surface area contributed by atoms with E-state index in [-0.39, 0.29) is 17.6 Å². The van der Waals surface area contributed by atoms with Gasteiger partial charge in [0.25, 0.3) is 11.8 Å². The van der Waals surface area contributed by atoms with Gasteiger partial charge in [-0.1, -0.05) is 12.1 Å². The first kappa shape index (κ1) is 15.2. The van der Waals surface area contributed by atoms with Gasteiger partial charge < -0.3 is 10.0 Å². The summed E-state index contributed by atoms with van der Waals surface area (Å²) in [5.74, 6) is -0.631. The van der Waals surface area contributed by atoms with E-state index in [1.54, 1.807) is 24.3 Å². The molecule has 1 heterocycles. The largest absolute Gasteiger partial charge is 0.508 e. The number of imide groups is 1. The van der Waals surface area contributed by atoms with Gasteiger partial charge in [-0.3, -0.25) is 9.59 Å². The molecule has 0 aliphatic carbocycles. The van der Waals surface area contributed by atoms with Crippen molar-refractivity contribution >= 4 is 34.0 Å². The Morgan fingerprint density at radius 3 is 2.12 bits per heavy atom. The fraction of sp³-hybridized carbons (Fsp3) is 0.100. The summed E-state index contributed by atoms with van der Waals surface area (Å²) in [7, 11) is 3.86. The molecule has 3 aromatic carbocycles. The quantitative estimate of drug-likeness (QED) is 0.731. The Morgan fingerprint density at radius 2 is 1.48 bits per heavy atom. The zero-order valence-corrected chi connectivity index (χ0v) is 13.9. The van der Waals surface area contributed by atoms with Gasteiger partial charge in [0, 0.05) is 41.7 Å². The van der Waals surface area contributed by atoms with Gasteiger partial charge in [-0.2, -0.15) is 0 Å². The van der Waals surface area contributed by atoms with E-state index in [1.165, 1.54) is 12.1 Å². The molecule has 1 aliphatic heterocycles. The van der Waals surface area contributed by atoms with Gasteiger partial charge in [0.15, 0.2) is 0 Å². The Bertz CT molecular complexity index is 1000. The smallest absolute Gasteiger partial charge is 0.265 e. The number of nitrogens with zero attached hydrogens (tertiary/aromatic N) is 2. The number of hydrogen-bond donors (Lipinski definition) is 1. The number of carbonyl (C=O) groups is 2. The van der Waals surface area contributed by atoms with Crippen molar-refractivity contribution in [2.45, 2.75) is 0 Å². The molecular weight excluding hydrogens is 316 g/mol. The van der Waals surface area contributed by atoms with Crippen molar-refractivity contribution in [2.24, 2.45) is 0 Å². The van der Waals surface area contributed by atoms with Crippen LogP contribution < -0.4 is 9.80 Å². The maximum atomic E-state index is 13.0. The Labute approximate surface area is 144 Å². The number of benzene rings is 3. The number of aromatic hydroxyl groups is 1. The minimum Gasteiger partial charge on any atom is -0.508 e. The maximum absolute atomic E-state index is 13.0. The third-order valence-electron chi connectivity index (χ3n) is 4.47. The molecule has 4 rings (SSSR count). The van der Waals surface area contributed by atoms with Crippen LogP contribution in [0.3, 0.4) is 0 Å². The van der Waals surface area contributed by atoms with Crippen LogP contribution in [0.25, 0.3) is 10.8 Å². The lowest BCUT2D eigenvalue weighted by Crippen LogP contribution is -2.40. The highest BCUT2D eigenvalue weighted by Crippen LogP contribution is 2.37. The zero-order valence-electron chi connectivity index (χ0n) is 13.9. The van der Waals surface area contributed by atoms with Gasteiger partial charge >= 0.3 is 0 Å². The monoisotopic (exact) mass is 332 g/mol. The summed E-state index contributed by atoms with van der Waals surface area (Å²) < 4.78 is 0. The van der Waals surface area contributed by atoms with Crippen molar-refractivity contribution in [1.82, 2.24) is 0 Å². The predicted octanol–water partition coefficient (Wildman–Crippen LogP) is 3.41. The fourth-order valence-electron chi connectivity index (χ4n) is 3.31. The van der Waals surface area contributed by atoms with E-state index < -0.39 is 0 Å². The van der Waals surface area contributed by atoms with E-state index >= 15 is 0 Å². The highest BCUT2D eigenvalue weighted by Gasteiger charge is 2.34. The van der Waals surface area contributed by atoms with Gasteiger partial charge in [0.1, 0.15) is 5.75 Å². The van der Waals surface area contributed by atoms with E-state index in [4.69, 9.17) is 0 Å². The van der Waals surface area contributed by atoms with Crippen molar-refractivity contribution in [2.75, 3.05) is 23.9 Å². The molecule has 1 N–H and O–H groups in total. The van der Waals surface area contributed by atoms with Crippen molar-refractivity contribution in [3.63, 3.8) is 0 Å². The first-order valence-electron chi connectivity index (χ1n) is 7.90. The molecule has 124 valence electrons. The van der Waals surface area contributed by atoms with Gasteiger partial charge in [-0.15, -0.1) is 0 Å². The Hall–Kier alpha value is -3.34. The molecule has 0 fully saturated rings. The van der Waals surface area contributed by atoms with Crippen molar-refractivity contribution < 1.29 is 14.7 Å². The van der Waals surface area contributed by atoms with Crippen LogP contribution in [0.15, 0.2) is 54.6 Å². The summed E-state index contributed by atoms with van der Waals surface area (Å²) >= 11 is 0. The van der Waals surface area contributed by atoms with Crippen LogP contribution >= 0.6 is 0 Å². The third-order valence-corrected chi connectivity index (χ3v) is 4.47. The Kier molecular flexibility index (Phi) is 3.25. The molecule has 5 heteroatoms. The van der Waals surface area contributed by atoms with Gasteiger partial charge in [-0.05, 0) is 42.5 Å². The van der Waals surface area contributed by atoms with Crippen molar-refractivity contribution in [3.05, 3.63) is 65.7 Å². The molecule has 25 heavy (non-hydrogen) atoms. The van der Waals surface area contributed by atoms with Crippen LogP contribution in [0.1, 0.15) is 20.7 Å². The number of phenols is 1. The first-order chi connectivity index (χ1) is 12.0. The molecule has 0 spiro atoms. The van der Waals surface area contributed by atoms with Crippen LogP contribution in [-0.4, -0.2) is 31.0 Å². The summed E-state index contributed by atoms with van der Waals surface area (Å²) in [6, 6.07) is 15.2. The molecule has 5 nitrogen and oxygen atoms in total. The lowest BCUT2D eigenvalue weighted by Gasteiger charge is -2.28. The second-order valence-electron chi connectivity index (χ2n) is 6.22. The highest BCUT2D eigenvalue weighted by atomic mass is 16.3. The van der Waals surface area contributed by atoms with Crippen LogP contribution in [-0.2, 0) is 0 Å². The summed E-state index contributed by atoms with van der Waals surface area (Å²) in [6.07, 6.45) is 0.